The van der Waals surface area contributed by atoms with Crippen LogP contribution in [0.25, 0.3) is 0 Å². The highest BCUT2D eigenvalue weighted by Gasteiger charge is 2.14. The van der Waals surface area contributed by atoms with Crippen LogP contribution in [0.2, 0.25) is 0 Å². The zero-order valence-electron chi connectivity index (χ0n) is 8.75. The Hall–Kier alpha value is -0.570. The third-order valence-electron chi connectivity index (χ3n) is 3.18. The quantitative estimate of drug-likeness (QED) is 0.777. The molecule has 0 radical (unpaired) electrons. The monoisotopic (exact) mass is 210 g/mol. The first-order chi connectivity index (χ1) is 6.77. The summed E-state index contributed by atoms with van der Waals surface area (Å²) in [5.74, 6) is 0.825. The van der Waals surface area contributed by atoms with Gasteiger partial charge in [-0.15, -0.1) is 11.3 Å². The fraction of sp³-hybridized carbons (Fsp3) is 0.727. The zero-order chi connectivity index (χ0) is 9.97. The van der Waals surface area contributed by atoms with Gasteiger partial charge >= 0.3 is 0 Å². The van der Waals surface area contributed by atoms with E-state index in [1.54, 1.807) is 11.3 Å². The minimum atomic E-state index is 0.716. The van der Waals surface area contributed by atoms with Crippen molar-refractivity contribution in [2.75, 3.05) is 0 Å². The van der Waals surface area contributed by atoms with Crippen LogP contribution in [0, 0.1) is 18.3 Å². The summed E-state index contributed by atoms with van der Waals surface area (Å²) < 4.78 is 2.17. The van der Waals surface area contributed by atoms with E-state index in [9.17, 15) is 0 Å². The molecule has 2 nitrogen and oxygen atoms in total. The number of hydrogen-bond acceptors (Lipinski definition) is 2. The van der Waals surface area contributed by atoms with E-state index in [1.807, 2.05) is 0 Å². The van der Waals surface area contributed by atoms with Crippen LogP contribution < -0.4 is 4.80 Å². The molecule has 0 atom stereocenters. The molecule has 1 aliphatic rings. The average Bonchev–Trinajstić information content (AvgIpc) is 2.51. The van der Waals surface area contributed by atoms with E-state index in [1.165, 1.54) is 37.8 Å². The van der Waals surface area contributed by atoms with Crippen LogP contribution in [0.15, 0.2) is 5.38 Å². The maximum Gasteiger partial charge on any atom is 0.182 e. The first-order valence-electron chi connectivity index (χ1n) is 5.47. The zero-order valence-corrected chi connectivity index (χ0v) is 9.57. The molecular weight excluding hydrogens is 192 g/mol. The van der Waals surface area contributed by atoms with Gasteiger partial charge in [-0.25, -0.2) is 0 Å². The number of aromatic nitrogens is 1. The summed E-state index contributed by atoms with van der Waals surface area (Å²) in [7, 11) is 0. The number of nitrogens with one attached hydrogen (secondary N) is 1. The summed E-state index contributed by atoms with van der Waals surface area (Å²) in [5.41, 5.74) is 1.26. The van der Waals surface area contributed by atoms with Crippen molar-refractivity contribution in [2.45, 2.75) is 45.6 Å². The molecule has 14 heavy (non-hydrogen) atoms. The minimum Gasteiger partial charge on any atom is -0.321 e. The Balaban J connectivity index is 2.06. The molecule has 3 heteroatoms. The van der Waals surface area contributed by atoms with Gasteiger partial charge in [0, 0.05) is 17.6 Å². The van der Waals surface area contributed by atoms with E-state index in [0.717, 1.165) is 12.5 Å². The van der Waals surface area contributed by atoms with Crippen molar-refractivity contribution in [1.82, 2.24) is 4.57 Å². The van der Waals surface area contributed by atoms with Crippen molar-refractivity contribution in [2.24, 2.45) is 5.92 Å². The maximum absolute atomic E-state index is 7.79. The average molecular weight is 210 g/mol. The molecule has 1 fully saturated rings. The lowest BCUT2D eigenvalue weighted by atomic mass is 9.89. The lowest BCUT2D eigenvalue weighted by Gasteiger charge is -2.22. The molecule has 1 aliphatic carbocycles. The number of aryl methyl sites for hydroxylation is 1. The van der Waals surface area contributed by atoms with Gasteiger partial charge in [0.05, 0.1) is 0 Å². The van der Waals surface area contributed by atoms with E-state index in [4.69, 9.17) is 5.41 Å². The van der Waals surface area contributed by atoms with Crippen molar-refractivity contribution in [3.63, 3.8) is 0 Å². The molecule has 1 N–H and O–H groups in total. The summed E-state index contributed by atoms with van der Waals surface area (Å²) in [5, 5.41) is 9.88. The molecule has 0 aliphatic heterocycles. The van der Waals surface area contributed by atoms with Crippen LogP contribution in [0.5, 0.6) is 0 Å². The van der Waals surface area contributed by atoms with E-state index in [2.05, 4.69) is 16.9 Å². The van der Waals surface area contributed by atoms with E-state index >= 15 is 0 Å². The first kappa shape index (κ1) is 9.97. The normalized spacial score (nSPS) is 18.6. The largest absolute Gasteiger partial charge is 0.321 e. The molecular formula is C11H18N2S. The fourth-order valence-electron chi connectivity index (χ4n) is 2.28. The van der Waals surface area contributed by atoms with Gasteiger partial charge in [-0.05, 0) is 25.7 Å². The van der Waals surface area contributed by atoms with Gasteiger partial charge < -0.3 is 4.57 Å². The topological polar surface area (TPSA) is 28.8 Å². The van der Waals surface area contributed by atoms with Crippen LogP contribution in [-0.4, -0.2) is 4.57 Å². The Labute approximate surface area is 89.1 Å². The Kier molecular flexibility index (Phi) is 3.06. The molecule has 1 aromatic heterocycles. The van der Waals surface area contributed by atoms with Crippen molar-refractivity contribution >= 4 is 11.3 Å². The molecule has 1 heterocycles. The number of rotatable bonds is 2. The molecule has 0 saturated heterocycles. The summed E-state index contributed by atoms with van der Waals surface area (Å²) in [4.78, 5) is 0.716. The Morgan fingerprint density at radius 2 is 2.14 bits per heavy atom. The van der Waals surface area contributed by atoms with Crippen molar-refractivity contribution < 1.29 is 0 Å². The highest BCUT2D eigenvalue weighted by Crippen LogP contribution is 2.25. The molecule has 0 bridgehead atoms. The second kappa shape index (κ2) is 4.30. The predicted molar refractivity (Wildman–Crippen MR) is 59.5 cm³/mol. The van der Waals surface area contributed by atoms with E-state index in [-0.39, 0.29) is 0 Å². The van der Waals surface area contributed by atoms with E-state index in [0.29, 0.717) is 4.80 Å². The third-order valence-corrected chi connectivity index (χ3v) is 4.08. The summed E-state index contributed by atoms with van der Waals surface area (Å²) in [6, 6.07) is 0. The second-order valence-electron chi connectivity index (χ2n) is 4.30. The highest BCUT2D eigenvalue weighted by atomic mass is 32.1. The van der Waals surface area contributed by atoms with Gasteiger partial charge in [0.2, 0.25) is 0 Å². The van der Waals surface area contributed by atoms with E-state index < -0.39 is 0 Å². The lowest BCUT2D eigenvalue weighted by Crippen LogP contribution is -2.22. The molecule has 2 rings (SSSR count). The van der Waals surface area contributed by atoms with Crippen LogP contribution in [-0.2, 0) is 6.54 Å². The molecule has 1 saturated carbocycles. The summed E-state index contributed by atoms with van der Waals surface area (Å²) in [6.07, 6.45) is 6.92. The van der Waals surface area contributed by atoms with Gasteiger partial charge in [-0.3, -0.25) is 5.41 Å². The Morgan fingerprint density at radius 3 is 2.71 bits per heavy atom. The van der Waals surface area contributed by atoms with Crippen molar-refractivity contribution in [3.05, 3.63) is 15.9 Å². The maximum atomic E-state index is 7.79. The smallest absolute Gasteiger partial charge is 0.182 e. The van der Waals surface area contributed by atoms with Gasteiger partial charge in [0.15, 0.2) is 4.80 Å². The number of thiazole rings is 1. The highest BCUT2D eigenvalue weighted by molar-refractivity contribution is 7.07. The van der Waals surface area contributed by atoms with Crippen LogP contribution >= 0.6 is 11.3 Å². The van der Waals surface area contributed by atoms with Crippen LogP contribution in [0.1, 0.15) is 37.8 Å². The Morgan fingerprint density at radius 1 is 1.43 bits per heavy atom. The third kappa shape index (κ3) is 2.08. The Bertz CT molecular complexity index is 344. The summed E-state index contributed by atoms with van der Waals surface area (Å²) >= 11 is 1.55. The van der Waals surface area contributed by atoms with Crippen LogP contribution in [0.3, 0.4) is 0 Å². The number of hydrogen-bond donors (Lipinski definition) is 1. The molecule has 0 spiro atoms. The minimum absolute atomic E-state index is 0.716. The first-order valence-corrected chi connectivity index (χ1v) is 6.35. The SMILES string of the molecule is Cc1csc(=N)n1CC1CCCCC1. The van der Waals surface area contributed by atoms with Gasteiger partial charge in [-0.2, -0.15) is 0 Å². The molecule has 0 aromatic carbocycles. The lowest BCUT2D eigenvalue weighted by molar-refractivity contribution is 0.314. The standard InChI is InChI=1S/C11H18N2S/c1-9-8-14-11(12)13(9)7-10-5-3-2-4-6-10/h8,10,12H,2-7H2,1H3. The van der Waals surface area contributed by atoms with Crippen molar-refractivity contribution in [1.29, 1.82) is 5.41 Å². The van der Waals surface area contributed by atoms with Crippen LogP contribution in [0.4, 0.5) is 0 Å². The second-order valence-corrected chi connectivity index (χ2v) is 5.15. The molecule has 78 valence electrons. The molecule has 0 unspecified atom stereocenters. The van der Waals surface area contributed by atoms with Gasteiger partial charge in [-0.1, -0.05) is 19.3 Å². The predicted octanol–water partition coefficient (Wildman–Crippen LogP) is 2.92. The number of nitrogens with zero attached hydrogens (tertiary/aromatic N) is 1. The summed E-state index contributed by atoms with van der Waals surface area (Å²) in [6.45, 7) is 3.19. The van der Waals surface area contributed by atoms with Crippen molar-refractivity contribution in [3.8, 4) is 0 Å². The van der Waals surface area contributed by atoms with Gasteiger partial charge in [0.1, 0.15) is 0 Å². The fourth-order valence-corrected chi connectivity index (χ4v) is 3.04. The molecule has 1 aromatic rings. The van der Waals surface area contributed by atoms with Gasteiger partial charge in [0.25, 0.3) is 0 Å². The molecule has 0 amide bonds.